The van der Waals surface area contributed by atoms with Crippen molar-refractivity contribution in [2.75, 3.05) is 6.54 Å². The minimum Gasteiger partial charge on any atom is -0.480 e. The van der Waals surface area contributed by atoms with Crippen LogP contribution in [-0.4, -0.2) is 34.7 Å². The fourth-order valence-electron chi connectivity index (χ4n) is 2.66. The van der Waals surface area contributed by atoms with Crippen LogP contribution in [0, 0.1) is 5.92 Å². The normalized spacial score (nSPS) is 21.9. The van der Waals surface area contributed by atoms with Gasteiger partial charge in [-0.3, -0.25) is 4.90 Å². The van der Waals surface area contributed by atoms with Gasteiger partial charge in [-0.25, -0.2) is 9.59 Å². The van der Waals surface area contributed by atoms with Crippen LogP contribution >= 0.6 is 0 Å². The van der Waals surface area contributed by atoms with E-state index in [2.05, 4.69) is 0 Å². The minimum absolute atomic E-state index is 0.166. The number of ether oxygens (including phenoxy) is 1. The summed E-state index contributed by atoms with van der Waals surface area (Å²) in [6.07, 6.45) is 1.74. The second-order valence-corrected chi connectivity index (χ2v) is 5.39. The number of rotatable bonds is 4. The smallest absolute Gasteiger partial charge is 0.410 e. The van der Waals surface area contributed by atoms with Crippen molar-refractivity contribution in [1.82, 2.24) is 4.90 Å². The van der Waals surface area contributed by atoms with E-state index < -0.39 is 18.1 Å². The Morgan fingerprint density at radius 3 is 2.67 bits per heavy atom. The van der Waals surface area contributed by atoms with Gasteiger partial charge in [0.2, 0.25) is 0 Å². The first-order valence-corrected chi connectivity index (χ1v) is 7.32. The molecule has 1 N–H and O–H groups in total. The second kappa shape index (κ2) is 7.11. The van der Waals surface area contributed by atoms with Crippen LogP contribution in [0.1, 0.15) is 31.7 Å². The van der Waals surface area contributed by atoms with E-state index in [1.165, 1.54) is 4.90 Å². The van der Waals surface area contributed by atoms with Crippen molar-refractivity contribution in [2.45, 2.75) is 38.8 Å². The lowest BCUT2D eigenvalue weighted by atomic mass is 9.89. The predicted molar refractivity (Wildman–Crippen MR) is 77.8 cm³/mol. The Kier molecular flexibility index (Phi) is 5.20. The highest BCUT2D eigenvalue weighted by Gasteiger charge is 2.36. The maximum Gasteiger partial charge on any atom is 0.410 e. The molecule has 1 aromatic carbocycles. The van der Waals surface area contributed by atoms with Gasteiger partial charge in [-0.2, -0.15) is 0 Å². The molecule has 2 atom stereocenters. The number of amides is 1. The van der Waals surface area contributed by atoms with Crippen LogP contribution in [0.15, 0.2) is 30.3 Å². The van der Waals surface area contributed by atoms with Gasteiger partial charge in [0.1, 0.15) is 12.6 Å². The van der Waals surface area contributed by atoms with Crippen molar-refractivity contribution in [1.29, 1.82) is 0 Å². The van der Waals surface area contributed by atoms with E-state index >= 15 is 0 Å². The molecule has 114 valence electrons. The highest BCUT2D eigenvalue weighted by atomic mass is 16.6. The lowest BCUT2D eigenvalue weighted by molar-refractivity contribution is -0.144. The first kappa shape index (κ1) is 15.4. The third-order valence-corrected chi connectivity index (χ3v) is 4.01. The van der Waals surface area contributed by atoms with Gasteiger partial charge >= 0.3 is 12.1 Å². The molecule has 0 bridgehead atoms. The standard InChI is InChI=1S/C16H21NO4/c1-2-12-8-9-17(14(10-12)15(18)19)16(20)21-11-13-6-4-3-5-7-13/h3-7,12,14H,2,8-11H2,1H3,(H,18,19). The molecule has 0 aliphatic carbocycles. The van der Waals surface area contributed by atoms with E-state index in [1.54, 1.807) is 0 Å². The SMILES string of the molecule is CCC1CCN(C(=O)OCc2ccccc2)C(C(=O)O)C1. The fraction of sp³-hybridized carbons (Fsp3) is 0.500. The van der Waals surface area contributed by atoms with Crippen molar-refractivity contribution < 1.29 is 19.4 Å². The average Bonchev–Trinajstić information content (AvgIpc) is 2.52. The maximum absolute atomic E-state index is 12.1. The quantitative estimate of drug-likeness (QED) is 0.926. The van der Waals surface area contributed by atoms with E-state index in [4.69, 9.17) is 4.74 Å². The summed E-state index contributed by atoms with van der Waals surface area (Å²) in [6.45, 7) is 2.66. The molecule has 0 aromatic heterocycles. The largest absolute Gasteiger partial charge is 0.480 e. The number of likely N-dealkylation sites (tertiary alicyclic amines) is 1. The average molecular weight is 291 g/mol. The molecule has 2 rings (SSSR count). The third-order valence-electron chi connectivity index (χ3n) is 4.01. The molecular weight excluding hydrogens is 270 g/mol. The number of carbonyl (C=O) groups is 2. The molecule has 0 saturated carbocycles. The molecule has 1 fully saturated rings. The van der Waals surface area contributed by atoms with Crippen LogP contribution < -0.4 is 0 Å². The topological polar surface area (TPSA) is 66.8 Å². The number of piperidine rings is 1. The second-order valence-electron chi connectivity index (χ2n) is 5.39. The molecule has 1 amide bonds. The van der Waals surface area contributed by atoms with Gasteiger partial charge in [-0.05, 0) is 24.3 Å². The van der Waals surface area contributed by atoms with Crippen LogP contribution in [-0.2, 0) is 16.1 Å². The van der Waals surface area contributed by atoms with Crippen molar-refractivity contribution in [3.05, 3.63) is 35.9 Å². The number of hydrogen-bond acceptors (Lipinski definition) is 3. The Morgan fingerprint density at radius 2 is 2.05 bits per heavy atom. The molecule has 1 aromatic rings. The summed E-state index contributed by atoms with van der Waals surface area (Å²) in [5.41, 5.74) is 0.890. The first-order chi connectivity index (χ1) is 10.1. The summed E-state index contributed by atoms with van der Waals surface area (Å²) in [5.74, 6) is -0.589. The van der Waals surface area contributed by atoms with E-state index in [9.17, 15) is 14.7 Å². The molecule has 1 aliphatic rings. The Hall–Kier alpha value is -2.04. The van der Waals surface area contributed by atoms with Crippen LogP contribution in [0.5, 0.6) is 0 Å². The van der Waals surface area contributed by atoms with Crippen LogP contribution in [0.2, 0.25) is 0 Å². The van der Waals surface area contributed by atoms with Crippen LogP contribution in [0.4, 0.5) is 4.79 Å². The van der Waals surface area contributed by atoms with E-state index in [0.717, 1.165) is 18.4 Å². The predicted octanol–water partition coefficient (Wildman–Crippen LogP) is 2.90. The zero-order valence-corrected chi connectivity index (χ0v) is 12.2. The number of carboxylic acid groups (broad SMARTS) is 1. The van der Waals surface area contributed by atoms with Crippen molar-refractivity contribution >= 4 is 12.1 Å². The number of hydrogen-bond donors (Lipinski definition) is 1. The maximum atomic E-state index is 12.1. The molecule has 1 aliphatic heterocycles. The lowest BCUT2D eigenvalue weighted by Crippen LogP contribution is -2.50. The first-order valence-electron chi connectivity index (χ1n) is 7.32. The van der Waals surface area contributed by atoms with Gasteiger partial charge in [0, 0.05) is 6.54 Å². The summed E-state index contributed by atoms with van der Waals surface area (Å²) in [6, 6.07) is 8.59. The summed E-state index contributed by atoms with van der Waals surface area (Å²) in [7, 11) is 0. The molecule has 0 radical (unpaired) electrons. The monoisotopic (exact) mass is 291 g/mol. The Labute approximate surface area is 124 Å². The minimum atomic E-state index is -0.954. The third kappa shape index (κ3) is 3.97. The highest BCUT2D eigenvalue weighted by Crippen LogP contribution is 2.26. The van der Waals surface area contributed by atoms with Crippen LogP contribution in [0.25, 0.3) is 0 Å². The Morgan fingerprint density at radius 1 is 1.33 bits per heavy atom. The summed E-state index contributed by atoms with van der Waals surface area (Å²) >= 11 is 0. The molecule has 0 spiro atoms. The molecular formula is C16H21NO4. The Balaban J connectivity index is 1.95. The number of aliphatic carboxylic acids is 1. The zero-order valence-electron chi connectivity index (χ0n) is 12.2. The number of carbonyl (C=O) groups excluding carboxylic acids is 1. The van der Waals surface area contributed by atoms with E-state index in [1.807, 2.05) is 37.3 Å². The zero-order chi connectivity index (χ0) is 15.2. The van der Waals surface area contributed by atoms with Gasteiger partial charge < -0.3 is 9.84 Å². The molecule has 5 nitrogen and oxygen atoms in total. The van der Waals surface area contributed by atoms with Crippen molar-refractivity contribution in [2.24, 2.45) is 5.92 Å². The molecule has 5 heteroatoms. The highest BCUT2D eigenvalue weighted by molar-refractivity contribution is 5.80. The summed E-state index contributed by atoms with van der Waals surface area (Å²) < 4.78 is 5.24. The van der Waals surface area contributed by atoms with Gasteiger partial charge in [-0.15, -0.1) is 0 Å². The number of nitrogens with zero attached hydrogens (tertiary/aromatic N) is 1. The van der Waals surface area contributed by atoms with E-state index in [0.29, 0.717) is 18.9 Å². The summed E-state index contributed by atoms with van der Waals surface area (Å²) in [5, 5.41) is 9.31. The van der Waals surface area contributed by atoms with E-state index in [-0.39, 0.29) is 6.61 Å². The molecule has 2 unspecified atom stereocenters. The number of benzene rings is 1. The van der Waals surface area contributed by atoms with Gasteiger partial charge in [0.05, 0.1) is 0 Å². The number of carboxylic acids is 1. The van der Waals surface area contributed by atoms with Gasteiger partial charge in [0.25, 0.3) is 0 Å². The lowest BCUT2D eigenvalue weighted by Gasteiger charge is -2.36. The van der Waals surface area contributed by atoms with Crippen molar-refractivity contribution in [3.8, 4) is 0 Å². The molecule has 21 heavy (non-hydrogen) atoms. The van der Waals surface area contributed by atoms with Gasteiger partial charge in [0.15, 0.2) is 0 Å². The summed E-state index contributed by atoms with van der Waals surface area (Å²) in [4.78, 5) is 24.8. The van der Waals surface area contributed by atoms with Crippen molar-refractivity contribution in [3.63, 3.8) is 0 Å². The van der Waals surface area contributed by atoms with Gasteiger partial charge in [-0.1, -0.05) is 43.7 Å². The van der Waals surface area contributed by atoms with Crippen LogP contribution in [0.3, 0.4) is 0 Å². The Bertz CT molecular complexity index is 488. The molecule has 1 saturated heterocycles. The fourth-order valence-corrected chi connectivity index (χ4v) is 2.66. The molecule has 1 heterocycles.